The van der Waals surface area contributed by atoms with Gasteiger partial charge < -0.3 is 20.5 Å². The van der Waals surface area contributed by atoms with Gasteiger partial charge in [-0.2, -0.15) is 0 Å². The molecule has 0 bridgehead atoms. The first kappa shape index (κ1) is 30.1. The van der Waals surface area contributed by atoms with Crippen LogP contribution in [0.5, 0.6) is 0 Å². The van der Waals surface area contributed by atoms with Crippen molar-refractivity contribution >= 4 is 92.8 Å². The molecule has 1 heterocycles. The van der Waals surface area contributed by atoms with Crippen molar-refractivity contribution in [2.24, 2.45) is 5.92 Å². The summed E-state index contributed by atoms with van der Waals surface area (Å²) in [5.74, 6) is -6.48. The van der Waals surface area contributed by atoms with E-state index in [2.05, 4.69) is 20.3 Å². The first-order chi connectivity index (χ1) is 19.9. The van der Waals surface area contributed by atoms with Crippen molar-refractivity contribution in [2.45, 2.75) is 10.3 Å². The molecule has 1 saturated carbocycles. The van der Waals surface area contributed by atoms with Crippen LogP contribution in [0.2, 0.25) is 15.1 Å². The topological polar surface area (TPSA) is 113 Å². The minimum absolute atomic E-state index is 0. The Morgan fingerprint density at radius 1 is 0.857 bits per heavy atom. The fraction of sp³-hybridized carbons (Fsp3) is 0.111. The lowest BCUT2D eigenvalue weighted by Crippen LogP contribution is -2.19. The lowest BCUT2D eigenvalue weighted by molar-refractivity contribution is -0.117. The zero-order valence-corrected chi connectivity index (χ0v) is 24.4. The molecule has 5 rings (SSSR count). The van der Waals surface area contributed by atoms with E-state index in [9.17, 15) is 18.8 Å². The number of hydrogen-bond acceptors (Lipinski definition) is 5. The summed E-state index contributed by atoms with van der Waals surface area (Å²) < 4.78 is 32.7. The number of aromatic nitrogens is 1. The van der Waals surface area contributed by atoms with Crippen LogP contribution in [0.15, 0.2) is 65.3 Å². The molecule has 1 aliphatic rings. The molecule has 42 heavy (non-hydrogen) atoms. The highest BCUT2D eigenvalue weighted by Crippen LogP contribution is 2.65. The van der Waals surface area contributed by atoms with Crippen molar-refractivity contribution in [1.82, 2.24) is 5.16 Å². The molecule has 0 saturated heterocycles. The lowest BCUT2D eigenvalue weighted by atomic mass is 10.1. The highest BCUT2D eigenvalue weighted by molar-refractivity contribution is 6.53. The van der Waals surface area contributed by atoms with Gasteiger partial charge in [0.25, 0.3) is 11.8 Å². The molecular formula is C27H21Cl5F2N4O4. The van der Waals surface area contributed by atoms with Crippen LogP contribution < -0.4 is 16.0 Å². The van der Waals surface area contributed by atoms with Crippen molar-refractivity contribution < 1.29 is 32.0 Å². The van der Waals surface area contributed by atoms with Crippen LogP contribution in [-0.4, -0.2) is 27.2 Å². The van der Waals surface area contributed by atoms with Gasteiger partial charge in [0.15, 0.2) is 5.82 Å². The minimum atomic E-state index is -1.42. The summed E-state index contributed by atoms with van der Waals surface area (Å²) in [6.45, 7) is 0. The molecule has 1 aliphatic carbocycles. The number of carbonyl (C=O) groups is 3. The predicted molar refractivity (Wildman–Crippen MR) is 162 cm³/mol. The van der Waals surface area contributed by atoms with Gasteiger partial charge in [0, 0.05) is 22.0 Å². The highest BCUT2D eigenvalue weighted by atomic mass is 35.5. The lowest BCUT2D eigenvalue weighted by Gasteiger charge is -2.13. The molecule has 0 spiro atoms. The number of nitrogens with zero attached hydrogens (tertiary/aromatic N) is 1. The Morgan fingerprint density at radius 2 is 1.60 bits per heavy atom. The van der Waals surface area contributed by atoms with Crippen molar-refractivity contribution in [3.8, 4) is 0 Å². The van der Waals surface area contributed by atoms with Gasteiger partial charge in [-0.3, -0.25) is 14.4 Å². The second-order valence-electron chi connectivity index (χ2n) is 9.06. The molecule has 0 radical (unpaired) electrons. The summed E-state index contributed by atoms with van der Waals surface area (Å²) in [6, 6.07) is 11.8. The number of nitrogens with one attached hydrogen (secondary N) is 3. The molecule has 4 aromatic rings. The van der Waals surface area contributed by atoms with E-state index in [0.29, 0.717) is 10.6 Å². The first-order valence-corrected chi connectivity index (χ1v) is 13.7. The number of amides is 3. The minimum Gasteiger partial charge on any atom is -0.351 e. The van der Waals surface area contributed by atoms with Crippen LogP contribution in [0.4, 0.5) is 25.8 Å². The fourth-order valence-electron chi connectivity index (χ4n) is 4.23. The van der Waals surface area contributed by atoms with E-state index in [-0.39, 0.29) is 31.3 Å². The molecule has 3 N–H and O–H groups in total. The van der Waals surface area contributed by atoms with E-state index < -0.39 is 56.9 Å². The summed E-state index contributed by atoms with van der Waals surface area (Å²) in [5, 5.41) is 10.9. The summed E-state index contributed by atoms with van der Waals surface area (Å²) in [4.78, 5) is 38.3. The molecule has 8 nitrogen and oxygen atoms in total. The summed E-state index contributed by atoms with van der Waals surface area (Å²) in [7, 11) is 0. The Balaban J connectivity index is 0.00000235. The van der Waals surface area contributed by atoms with Gasteiger partial charge >= 0.3 is 0 Å². The highest BCUT2D eigenvalue weighted by Gasteiger charge is 2.67. The van der Waals surface area contributed by atoms with E-state index in [1.165, 1.54) is 30.5 Å². The van der Waals surface area contributed by atoms with Gasteiger partial charge in [-0.25, -0.2) is 8.78 Å². The second-order valence-corrected chi connectivity index (χ2v) is 11.7. The second kappa shape index (κ2) is 11.7. The van der Waals surface area contributed by atoms with Crippen molar-refractivity contribution in [1.29, 1.82) is 0 Å². The quantitative estimate of drug-likeness (QED) is 0.169. The Labute approximate surface area is 265 Å². The first-order valence-electron chi connectivity index (χ1n) is 11.8. The van der Waals surface area contributed by atoms with Crippen LogP contribution in [0.3, 0.4) is 0 Å². The SMILES string of the molecule is O=C(Nc1c(F)ccc(NC(=O)c2cc(NC(=O)[C@H]3[C@H](c4ccc(Cl)c(Cl)c4)C3(Cl)Cl)ccc2Cl)c1F)c1ccno1.[HH].[HH].[HH]. The number of halogens is 7. The molecule has 3 aromatic carbocycles. The molecule has 1 aromatic heterocycles. The standard InChI is InChI=1S/C27H15Cl5F2N4O4.3H2/c28-14-4-2-12(36-26(41)21-20(27(21,31)32)11-1-3-15(29)16(30)9-11)10-13(14)24(39)37-18-6-5-17(33)23(22(18)34)38-25(40)19-7-8-35-42-19;;;/h1-10,20-21H,(H,36,41)(H,37,39)(H,38,40);3*1H/t20-,21+;;;/m0.../s1. The largest absolute Gasteiger partial charge is 0.351 e. The Morgan fingerprint density at radius 3 is 2.29 bits per heavy atom. The van der Waals surface area contributed by atoms with E-state index in [0.717, 1.165) is 12.1 Å². The van der Waals surface area contributed by atoms with E-state index in [1.54, 1.807) is 18.2 Å². The monoisotopic (exact) mass is 678 g/mol. The zero-order valence-electron chi connectivity index (χ0n) is 20.7. The van der Waals surface area contributed by atoms with Crippen LogP contribution >= 0.6 is 58.0 Å². The third-order valence-corrected chi connectivity index (χ3v) is 8.37. The molecule has 0 unspecified atom stereocenters. The number of rotatable bonds is 7. The molecule has 3 amide bonds. The van der Waals surface area contributed by atoms with Gasteiger partial charge in [0.2, 0.25) is 11.7 Å². The average Bonchev–Trinajstić information content (AvgIpc) is 3.25. The summed E-state index contributed by atoms with van der Waals surface area (Å²) in [6.07, 6.45) is 1.18. The molecule has 15 heteroatoms. The van der Waals surface area contributed by atoms with Crippen LogP contribution in [0.1, 0.15) is 36.7 Å². The summed E-state index contributed by atoms with van der Waals surface area (Å²) >= 11 is 31.1. The molecule has 222 valence electrons. The fourth-order valence-corrected chi connectivity index (χ4v) is 5.57. The summed E-state index contributed by atoms with van der Waals surface area (Å²) in [5.41, 5.74) is -0.657. The molecule has 0 aliphatic heterocycles. The average molecular weight is 681 g/mol. The number of alkyl halides is 2. The third-order valence-electron chi connectivity index (χ3n) is 6.36. The van der Waals surface area contributed by atoms with Gasteiger partial charge in [0.1, 0.15) is 15.8 Å². The van der Waals surface area contributed by atoms with Crippen LogP contribution in [-0.2, 0) is 4.79 Å². The van der Waals surface area contributed by atoms with Crippen LogP contribution in [0.25, 0.3) is 0 Å². The zero-order chi connectivity index (χ0) is 30.3. The van der Waals surface area contributed by atoms with Crippen molar-refractivity contribution in [3.63, 3.8) is 0 Å². The number of anilines is 3. The van der Waals surface area contributed by atoms with Crippen LogP contribution in [0, 0.1) is 17.6 Å². The van der Waals surface area contributed by atoms with Gasteiger partial charge in [-0.1, -0.05) is 46.0 Å². The maximum atomic E-state index is 15.1. The maximum Gasteiger partial charge on any atom is 0.294 e. The van der Waals surface area contributed by atoms with E-state index >= 15 is 4.39 Å². The Kier molecular flexibility index (Phi) is 8.37. The number of hydrogen-bond donors (Lipinski definition) is 3. The van der Waals surface area contributed by atoms with Gasteiger partial charge in [-0.05, 0) is 48.0 Å². The smallest absolute Gasteiger partial charge is 0.294 e. The Hall–Kier alpha value is -3.41. The Bertz CT molecular complexity index is 1750. The molecule has 1 fully saturated rings. The number of carbonyl (C=O) groups excluding carboxylic acids is 3. The van der Waals surface area contributed by atoms with E-state index in [1.807, 2.05) is 5.32 Å². The predicted octanol–water partition coefficient (Wildman–Crippen LogP) is 8.68. The van der Waals surface area contributed by atoms with Crippen molar-refractivity contribution in [2.75, 3.05) is 16.0 Å². The normalized spacial score (nSPS) is 16.9. The maximum absolute atomic E-state index is 15.1. The van der Waals surface area contributed by atoms with Gasteiger partial charge in [-0.15, -0.1) is 23.2 Å². The molecular weight excluding hydrogens is 660 g/mol. The number of benzene rings is 3. The van der Waals surface area contributed by atoms with Crippen molar-refractivity contribution in [3.05, 3.63) is 104 Å². The molecule has 2 atom stereocenters. The third kappa shape index (κ3) is 5.91. The van der Waals surface area contributed by atoms with E-state index in [4.69, 9.17) is 58.0 Å². The van der Waals surface area contributed by atoms with Gasteiger partial charge in [0.05, 0.1) is 38.4 Å².